The fourth-order valence-electron chi connectivity index (χ4n) is 0.914. The fourth-order valence-corrected chi connectivity index (χ4v) is 0.914. The fraction of sp³-hybridized carbons (Fsp3) is 0.600. The van der Waals surface area contributed by atoms with Crippen LogP contribution >= 0.6 is 0 Å². The number of nitriles is 1. The van der Waals surface area contributed by atoms with E-state index in [9.17, 15) is 4.79 Å². The van der Waals surface area contributed by atoms with E-state index < -0.39 is 5.97 Å². The molecule has 0 aliphatic rings. The molecule has 0 heterocycles. The highest BCUT2D eigenvalue weighted by Gasteiger charge is 2.13. The Morgan fingerprint density at radius 1 is 1.53 bits per heavy atom. The molecule has 7 nitrogen and oxygen atoms in total. The number of carbonyl (C=O) groups excluding carboxylic acids is 1. The molecule has 0 rings (SSSR count). The molecule has 0 aliphatic heterocycles. The van der Waals surface area contributed by atoms with Crippen molar-refractivity contribution in [2.24, 2.45) is 5.16 Å². The molecule has 7 heteroatoms. The Morgan fingerprint density at radius 3 is 2.65 bits per heavy atom. The third-order valence-electron chi connectivity index (χ3n) is 1.52. The molecule has 0 radical (unpaired) electrons. The van der Waals surface area contributed by atoms with Crippen molar-refractivity contribution in [3.05, 3.63) is 0 Å². The van der Waals surface area contributed by atoms with Gasteiger partial charge in [-0.15, -0.1) is 0 Å². The van der Waals surface area contributed by atoms with E-state index in [0.717, 1.165) is 6.21 Å². The molecule has 0 spiro atoms. The van der Waals surface area contributed by atoms with Crippen LogP contribution in [0.15, 0.2) is 5.16 Å². The molecule has 0 aromatic heterocycles. The van der Waals surface area contributed by atoms with Gasteiger partial charge in [0.15, 0.2) is 6.21 Å². The van der Waals surface area contributed by atoms with Gasteiger partial charge in [-0.2, -0.15) is 5.26 Å². The van der Waals surface area contributed by atoms with E-state index in [2.05, 4.69) is 9.89 Å². The van der Waals surface area contributed by atoms with E-state index in [1.165, 1.54) is 0 Å². The minimum absolute atomic E-state index is 0.0548. The average molecular weight is 241 g/mol. The second-order valence-electron chi connectivity index (χ2n) is 3.47. The summed E-state index contributed by atoms with van der Waals surface area (Å²) in [6, 6.07) is 2.33. The highest BCUT2D eigenvalue weighted by atomic mass is 16.7. The molecule has 17 heavy (non-hydrogen) atoms. The van der Waals surface area contributed by atoms with E-state index in [1.807, 2.05) is 6.07 Å². The van der Waals surface area contributed by atoms with Gasteiger partial charge >= 0.3 is 12.0 Å². The van der Waals surface area contributed by atoms with Gasteiger partial charge in [0.2, 0.25) is 0 Å². The number of nitrogens with zero attached hydrogens (tertiary/aromatic N) is 4. The lowest BCUT2D eigenvalue weighted by molar-refractivity contribution is -0.480. The first kappa shape index (κ1) is 14.9. The van der Waals surface area contributed by atoms with Gasteiger partial charge in [-0.1, -0.05) is 5.16 Å². The van der Waals surface area contributed by atoms with Crippen molar-refractivity contribution >= 4 is 18.2 Å². The number of ether oxygens (including phenoxy) is 1. The van der Waals surface area contributed by atoms with Crippen molar-refractivity contribution in [3.8, 4) is 6.07 Å². The van der Waals surface area contributed by atoms with Gasteiger partial charge in [-0.25, -0.2) is 14.3 Å². The van der Waals surface area contributed by atoms with Crippen molar-refractivity contribution in [2.45, 2.75) is 6.42 Å². The van der Waals surface area contributed by atoms with Crippen molar-refractivity contribution in [3.63, 3.8) is 0 Å². The smallest absolute Gasteiger partial charge is 0.460 e. The molecule has 0 N–H and O–H groups in total. The Morgan fingerprint density at radius 2 is 2.18 bits per heavy atom. The minimum Gasteiger partial charge on any atom is -0.460 e. The topological polar surface area (TPSA) is 77.9 Å². The van der Waals surface area contributed by atoms with Crippen molar-refractivity contribution in [2.75, 3.05) is 34.8 Å². The second kappa shape index (κ2) is 8.10. The quantitative estimate of drug-likeness (QED) is 0.168. The Balaban J connectivity index is 4.14. The first-order chi connectivity index (χ1) is 7.99. The third-order valence-corrected chi connectivity index (χ3v) is 1.52. The summed E-state index contributed by atoms with van der Waals surface area (Å²) in [5.41, 5.74) is 0. The van der Waals surface area contributed by atoms with Crippen molar-refractivity contribution < 1.29 is 18.9 Å². The lowest BCUT2D eigenvalue weighted by Crippen LogP contribution is -2.30. The van der Waals surface area contributed by atoms with Crippen LogP contribution in [0.25, 0.3) is 0 Å². The Kier molecular flexibility index (Phi) is 7.10. The zero-order valence-electron chi connectivity index (χ0n) is 10.5. The Hall–Kier alpha value is -2.10. The van der Waals surface area contributed by atoms with Gasteiger partial charge < -0.3 is 4.74 Å². The van der Waals surface area contributed by atoms with Crippen molar-refractivity contribution in [1.82, 2.24) is 4.90 Å². The lowest BCUT2D eigenvalue weighted by Gasteiger charge is -2.06. The maximum absolute atomic E-state index is 11.0. The summed E-state index contributed by atoms with van der Waals surface area (Å²) in [4.78, 5) is 17.8. The monoisotopic (exact) mass is 241 g/mol. The maximum atomic E-state index is 11.0. The van der Waals surface area contributed by atoms with Gasteiger partial charge in [0.1, 0.15) is 6.61 Å². The van der Waals surface area contributed by atoms with Crippen LogP contribution in [0.4, 0.5) is 0 Å². The molecule has 0 aromatic rings. The van der Waals surface area contributed by atoms with Crippen LogP contribution in [0.2, 0.25) is 0 Å². The number of carbonyl (C=O) groups is 1. The first-order valence-corrected chi connectivity index (χ1v) is 4.94. The summed E-state index contributed by atoms with van der Waals surface area (Å²) in [5.74, 6) is -0.642. The van der Waals surface area contributed by atoms with Crippen molar-refractivity contribution in [1.29, 1.82) is 5.26 Å². The Labute approximate surface area is 101 Å². The van der Waals surface area contributed by atoms with E-state index in [-0.39, 0.29) is 13.0 Å². The normalized spacial score (nSPS) is 9.59. The molecular formula is C10H17N4O3+. The summed E-state index contributed by atoms with van der Waals surface area (Å²) in [5, 5.41) is 11.7. The maximum Gasteiger partial charge on any atom is 0.471 e. The molecule has 0 aromatic carbocycles. The molecule has 0 saturated heterocycles. The molecule has 0 bridgehead atoms. The van der Waals surface area contributed by atoms with E-state index in [1.54, 1.807) is 37.7 Å². The number of hydrogen-bond acceptors (Lipinski definition) is 5. The zero-order valence-corrected chi connectivity index (χ0v) is 10.5. The van der Waals surface area contributed by atoms with Gasteiger partial charge in [-0.3, -0.25) is 4.84 Å². The van der Waals surface area contributed by atoms with Gasteiger partial charge in [-0.05, 0) is 0 Å². The zero-order chi connectivity index (χ0) is 13.3. The number of esters is 1. The molecule has 0 aliphatic carbocycles. The van der Waals surface area contributed by atoms with Crippen LogP contribution in [0.5, 0.6) is 0 Å². The highest BCUT2D eigenvalue weighted by molar-refractivity contribution is 6.23. The SMILES string of the molecule is CN(C)C(ON=CC(=O)OCCC#N)=[N+](C)C. The van der Waals surface area contributed by atoms with Crippen LogP contribution in [0.3, 0.4) is 0 Å². The predicted octanol–water partition coefficient (Wildman–Crippen LogP) is -0.365. The lowest BCUT2D eigenvalue weighted by atomic mass is 10.5. The molecule has 0 atom stereocenters. The van der Waals surface area contributed by atoms with Crippen LogP contribution in [-0.2, 0) is 14.4 Å². The molecule has 0 fully saturated rings. The number of rotatable bonds is 4. The predicted molar refractivity (Wildman–Crippen MR) is 61.6 cm³/mol. The van der Waals surface area contributed by atoms with Crippen LogP contribution in [0, 0.1) is 11.3 Å². The van der Waals surface area contributed by atoms with Gasteiger partial charge in [0, 0.05) is 0 Å². The summed E-state index contributed by atoms with van der Waals surface area (Å²) in [6.07, 6.45) is 1.08. The average Bonchev–Trinajstić information content (AvgIpc) is 2.23. The standard InChI is InChI=1S/C10H17N4O3/c1-13(2)10(14(3)4)17-12-8-9(15)16-7-5-6-11/h8H,5,7H2,1-4H3/q+1. The first-order valence-electron chi connectivity index (χ1n) is 4.94. The molecular weight excluding hydrogens is 224 g/mol. The van der Waals surface area contributed by atoms with Gasteiger partial charge in [0.25, 0.3) is 0 Å². The summed E-state index contributed by atoms with van der Waals surface area (Å²) in [6.45, 7) is 0.0548. The second-order valence-corrected chi connectivity index (χ2v) is 3.47. The molecule has 0 saturated carbocycles. The molecule has 94 valence electrons. The van der Waals surface area contributed by atoms with E-state index in [0.29, 0.717) is 6.02 Å². The number of oxime groups is 1. The summed E-state index contributed by atoms with van der Waals surface area (Å²) in [7, 11) is 7.15. The summed E-state index contributed by atoms with van der Waals surface area (Å²) < 4.78 is 6.36. The van der Waals surface area contributed by atoms with Gasteiger partial charge in [0.05, 0.1) is 40.7 Å². The van der Waals surface area contributed by atoms with Crippen LogP contribution in [-0.4, -0.2) is 62.5 Å². The third kappa shape index (κ3) is 6.89. The highest BCUT2D eigenvalue weighted by Crippen LogP contribution is 1.87. The number of hydrogen-bond donors (Lipinski definition) is 0. The van der Waals surface area contributed by atoms with E-state index >= 15 is 0 Å². The van der Waals surface area contributed by atoms with E-state index in [4.69, 9.17) is 10.1 Å². The summed E-state index contributed by atoms with van der Waals surface area (Å²) >= 11 is 0. The molecule has 0 unspecified atom stereocenters. The number of amidine groups is 1. The Bertz CT molecular complexity index is 351. The van der Waals surface area contributed by atoms with Crippen LogP contribution in [0.1, 0.15) is 6.42 Å². The minimum atomic E-state index is -0.642. The molecule has 0 amide bonds. The largest absolute Gasteiger partial charge is 0.471 e. The van der Waals surface area contributed by atoms with Crippen LogP contribution < -0.4 is 0 Å².